The number of halogens is 1. The number of hydrogen-bond donors (Lipinski definition) is 2. The van der Waals surface area contributed by atoms with E-state index in [2.05, 4.69) is 15.6 Å². The van der Waals surface area contributed by atoms with Crippen molar-refractivity contribution in [2.24, 2.45) is 0 Å². The fourth-order valence-electron chi connectivity index (χ4n) is 1.84. The molecule has 126 valence electrons. The molecule has 25 heavy (non-hydrogen) atoms. The van der Waals surface area contributed by atoms with Gasteiger partial charge in [-0.2, -0.15) is 5.26 Å². The van der Waals surface area contributed by atoms with Crippen molar-refractivity contribution in [3.05, 3.63) is 75.2 Å². The van der Waals surface area contributed by atoms with Gasteiger partial charge in [-0.1, -0.05) is 17.7 Å². The van der Waals surface area contributed by atoms with Crippen molar-refractivity contribution in [1.29, 1.82) is 5.26 Å². The van der Waals surface area contributed by atoms with Gasteiger partial charge in [0.25, 0.3) is 11.6 Å². The highest BCUT2D eigenvalue weighted by atomic mass is 35.5. The second-order valence-corrected chi connectivity index (χ2v) is 5.16. The van der Waals surface area contributed by atoms with Gasteiger partial charge in [-0.15, -0.1) is 0 Å². The summed E-state index contributed by atoms with van der Waals surface area (Å²) in [7, 11) is 0. The maximum atomic E-state index is 12.1. The second-order valence-electron chi connectivity index (χ2n) is 4.75. The first-order valence-electron chi connectivity index (χ1n) is 7.00. The van der Waals surface area contributed by atoms with E-state index in [9.17, 15) is 14.9 Å². The summed E-state index contributed by atoms with van der Waals surface area (Å²) in [5.41, 5.74) is 0.375. The smallest absolute Gasteiger partial charge is 0.289 e. The Labute approximate surface area is 147 Å². The third-order valence-corrected chi connectivity index (χ3v) is 3.34. The van der Waals surface area contributed by atoms with E-state index in [1.165, 1.54) is 18.3 Å². The minimum absolute atomic E-state index is 0.0453. The van der Waals surface area contributed by atoms with Gasteiger partial charge in [0, 0.05) is 24.2 Å². The van der Waals surface area contributed by atoms with Crippen LogP contribution in [0.15, 0.2) is 54.4 Å². The van der Waals surface area contributed by atoms with Crippen molar-refractivity contribution < 1.29 is 9.72 Å². The summed E-state index contributed by atoms with van der Waals surface area (Å²) in [6.45, 7) is 0.339. The van der Waals surface area contributed by atoms with Gasteiger partial charge in [-0.25, -0.2) is 0 Å². The van der Waals surface area contributed by atoms with Gasteiger partial charge in [-0.3, -0.25) is 19.9 Å². The first-order chi connectivity index (χ1) is 12.0. The molecule has 0 aliphatic heterocycles. The highest BCUT2D eigenvalue weighted by molar-refractivity contribution is 6.32. The van der Waals surface area contributed by atoms with Crippen LogP contribution in [0.4, 0.5) is 11.4 Å². The lowest BCUT2D eigenvalue weighted by molar-refractivity contribution is -0.384. The van der Waals surface area contributed by atoms with E-state index in [0.717, 1.165) is 11.8 Å². The molecule has 8 nitrogen and oxygen atoms in total. The van der Waals surface area contributed by atoms with Crippen molar-refractivity contribution in [3.8, 4) is 6.07 Å². The van der Waals surface area contributed by atoms with Crippen molar-refractivity contribution in [2.75, 3.05) is 5.32 Å². The number of rotatable bonds is 6. The van der Waals surface area contributed by atoms with Crippen LogP contribution in [-0.2, 0) is 11.3 Å². The zero-order chi connectivity index (χ0) is 18.2. The largest absolute Gasteiger partial charge is 0.384 e. The Kier molecular flexibility index (Phi) is 6.03. The zero-order valence-electron chi connectivity index (χ0n) is 12.8. The van der Waals surface area contributed by atoms with Crippen LogP contribution in [-0.4, -0.2) is 15.8 Å². The minimum Gasteiger partial charge on any atom is -0.384 e. The number of amides is 1. The molecule has 1 amide bonds. The van der Waals surface area contributed by atoms with Crippen molar-refractivity contribution in [1.82, 2.24) is 10.3 Å². The van der Waals surface area contributed by atoms with E-state index < -0.39 is 10.8 Å². The molecule has 0 fully saturated rings. The molecule has 0 unspecified atom stereocenters. The Hall–Kier alpha value is -3.44. The Balaban J connectivity index is 2.05. The minimum atomic E-state index is -0.701. The number of nitrogens with zero attached hydrogens (tertiary/aromatic N) is 3. The molecule has 0 radical (unpaired) electrons. The molecule has 9 heteroatoms. The predicted molar refractivity (Wildman–Crippen MR) is 91.5 cm³/mol. The number of carbonyl (C=O) groups is 1. The predicted octanol–water partition coefficient (Wildman–Crippen LogP) is 2.78. The maximum absolute atomic E-state index is 12.1. The SMILES string of the molecule is N#C/C(=C/NCc1ccccn1)C(=O)Nc1ccc(Cl)c([N+](=O)[O-])c1. The van der Waals surface area contributed by atoms with Crippen LogP contribution in [0, 0.1) is 21.4 Å². The molecule has 0 aliphatic rings. The number of aromatic nitrogens is 1. The van der Waals surface area contributed by atoms with Gasteiger partial charge in [0.15, 0.2) is 0 Å². The highest BCUT2D eigenvalue weighted by Crippen LogP contribution is 2.27. The summed E-state index contributed by atoms with van der Waals surface area (Å²) in [6, 6.07) is 11.0. The monoisotopic (exact) mass is 357 g/mol. The third-order valence-electron chi connectivity index (χ3n) is 3.02. The molecule has 0 atom stereocenters. The van der Waals surface area contributed by atoms with Gasteiger partial charge in [0.05, 0.1) is 17.2 Å². The topological polar surface area (TPSA) is 121 Å². The summed E-state index contributed by atoms with van der Waals surface area (Å²) in [5.74, 6) is -0.701. The summed E-state index contributed by atoms with van der Waals surface area (Å²) in [4.78, 5) is 26.4. The Bertz CT molecular complexity index is 862. The van der Waals surface area contributed by atoms with Gasteiger partial charge >= 0.3 is 0 Å². The maximum Gasteiger partial charge on any atom is 0.289 e. The van der Waals surface area contributed by atoms with Crippen LogP contribution in [0.3, 0.4) is 0 Å². The molecule has 2 aromatic rings. The number of pyridine rings is 1. The number of nitro benzene ring substituents is 1. The average molecular weight is 358 g/mol. The standard InChI is InChI=1S/C16H12ClN5O3/c17-14-5-4-12(7-15(14)22(24)25)21-16(23)11(8-18)9-19-10-13-3-1-2-6-20-13/h1-7,9,19H,10H2,(H,21,23)/b11-9-. The number of hydrogen-bond acceptors (Lipinski definition) is 6. The number of carbonyl (C=O) groups excluding carboxylic acids is 1. The molecule has 2 N–H and O–H groups in total. The summed E-state index contributed by atoms with van der Waals surface area (Å²) >= 11 is 5.71. The van der Waals surface area contributed by atoms with E-state index in [1.54, 1.807) is 24.4 Å². The molecule has 1 aromatic heterocycles. The second kappa shape index (κ2) is 8.42. The van der Waals surface area contributed by atoms with Crippen molar-refractivity contribution in [3.63, 3.8) is 0 Å². The van der Waals surface area contributed by atoms with Crippen LogP contribution in [0.5, 0.6) is 0 Å². The Morgan fingerprint density at radius 3 is 2.84 bits per heavy atom. The molecular formula is C16H12ClN5O3. The van der Waals surface area contributed by atoms with Gasteiger partial charge in [0.1, 0.15) is 16.7 Å². The van der Waals surface area contributed by atoms with E-state index in [-0.39, 0.29) is 22.0 Å². The summed E-state index contributed by atoms with van der Waals surface area (Å²) in [6.07, 6.45) is 2.89. The first kappa shape index (κ1) is 17.9. The molecular weight excluding hydrogens is 346 g/mol. The van der Waals surface area contributed by atoms with Crippen LogP contribution >= 0.6 is 11.6 Å². The number of benzene rings is 1. The number of nitriles is 1. The number of nitrogens with one attached hydrogen (secondary N) is 2. The summed E-state index contributed by atoms with van der Waals surface area (Å²) < 4.78 is 0. The molecule has 0 aliphatic carbocycles. The van der Waals surface area contributed by atoms with Crippen molar-refractivity contribution >= 4 is 28.9 Å². The van der Waals surface area contributed by atoms with Crippen LogP contribution in [0.25, 0.3) is 0 Å². The highest BCUT2D eigenvalue weighted by Gasteiger charge is 2.15. The van der Waals surface area contributed by atoms with E-state index in [4.69, 9.17) is 16.9 Å². The molecule has 0 spiro atoms. The fourth-order valence-corrected chi connectivity index (χ4v) is 2.02. The number of nitro groups is 1. The van der Waals surface area contributed by atoms with E-state index >= 15 is 0 Å². The lowest BCUT2D eigenvalue weighted by atomic mass is 10.2. The fraction of sp³-hybridized carbons (Fsp3) is 0.0625. The lowest BCUT2D eigenvalue weighted by Gasteiger charge is -2.05. The van der Waals surface area contributed by atoms with Gasteiger partial charge < -0.3 is 10.6 Å². The zero-order valence-corrected chi connectivity index (χ0v) is 13.5. The van der Waals surface area contributed by atoms with E-state index in [0.29, 0.717) is 6.54 Å². The third kappa shape index (κ3) is 5.02. The quantitative estimate of drug-likeness (QED) is 0.355. The molecule has 0 saturated heterocycles. The van der Waals surface area contributed by atoms with Crippen LogP contribution in [0.1, 0.15) is 5.69 Å². The molecule has 2 rings (SSSR count). The average Bonchev–Trinajstić information content (AvgIpc) is 2.61. The molecule has 0 bridgehead atoms. The van der Waals surface area contributed by atoms with Gasteiger partial charge in [0.2, 0.25) is 0 Å². The van der Waals surface area contributed by atoms with Crippen LogP contribution < -0.4 is 10.6 Å². The van der Waals surface area contributed by atoms with Crippen LogP contribution in [0.2, 0.25) is 5.02 Å². The normalized spacial score (nSPS) is 10.6. The first-order valence-corrected chi connectivity index (χ1v) is 7.38. The van der Waals surface area contributed by atoms with E-state index in [1.807, 2.05) is 6.07 Å². The molecule has 1 heterocycles. The molecule has 0 saturated carbocycles. The van der Waals surface area contributed by atoms with Gasteiger partial charge in [-0.05, 0) is 24.3 Å². The Morgan fingerprint density at radius 1 is 1.40 bits per heavy atom. The Morgan fingerprint density at radius 2 is 2.20 bits per heavy atom. The lowest BCUT2D eigenvalue weighted by Crippen LogP contribution is -2.17. The number of anilines is 1. The van der Waals surface area contributed by atoms with Crippen molar-refractivity contribution in [2.45, 2.75) is 6.54 Å². The summed E-state index contributed by atoms with van der Waals surface area (Å²) in [5, 5.41) is 25.1. The molecule has 1 aromatic carbocycles.